The van der Waals surface area contributed by atoms with Crippen LogP contribution in [0.15, 0.2) is 30.9 Å². The lowest BCUT2D eigenvalue weighted by Gasteiger charge is -2.07. The zero-order valence-electron chi connectivity index (χ0n) is 10.9. The van der Waals surface area contributed by atoms with Crippen LogP contribution in [0.25, 0.3) is 0 Å². The summed E-state index contributed by atoms with van der Waals surface area (Å²) >= 11 is 0. The third kappa shape index (κ3) is 5.85. The van der Waals surface area contributed by atoms with Crippen LogP contribution in [0.5, 0.6) is 5.88 Å². The Morgan fingerprint density at radius 2 is 2.25 bits per heavy atom. The number of carbonyl (C=O) groups is 2. The van der Waals surface area contributed by atoms with Gasteiger partial charge in [-0.25, -0.2) is 14.6 Å². The number of nitrogens with zero attached hydrogens (tertiary/aromatic N) is 1. The number of pyridine rings is 1. The largest absolute Gasteiger partial charge is 0.478 e. The molecule has 2 N–H and O–H groups in total. The summed E-state index contributed by atoms with van der Waals surface area (Å²) in [5.74, 6) is -0.874. The van der Waals surface area contributed by atoms with Crippen molar-refractivity contribution in [2.24, 2.45) is 0 Å². The van der Waals surface area contributed by atoms with E-state index in [9.17, 15) is 9.59 Å². The second-order valence-electron chi connectivity index (χ2n) is 3.68. The SMILES string of the molecule is C=CCOC(=O)NCCCOc1cccc(C(=O)O)n1. The fourth-order valence-electron chi connectivity index (χ4n) is 1.24. The van der Waals surface area contributed by atoms with Crippen molar-refractivity contribution in [1.82, 2.24) is 10.3 Å². The standard InChI is InChI=1S/C13H16N2O5/c1-2-8-20-13(18)14-7-4-9-19-11-6-3-5-10(15-11)12(16)17/h2-3,5-6H,1,4,7-9H2,(H,14,18)(H,16,17). The summed E-state index contributed by atoms with van der Waals surface area (Å²) in [5.41, 5.74) is -0.0753. The summed E-state index contributed by atoms with van der Waals surface area (Å²) in [4.78, 5) is 25.6. The third-order valence-electron chi connectivity index (χ3n) is 2.12. The first-order valence-electron chi connectivity index (χ1n) is 5.98. The highest BCUT2D eigenvalue weighted by molar-refractivity contribution is 5.85. The smallest absolute Gasteiger partial charge is 0.407 e. The van der Waals surface area contributed by atoms with Crippen LogP contribution in [0, 0.1) is 0 Å². The molecule has 0 bridgehead atoms. The number of carbonyl (C=O) groups excluding carboxylic acids is 1. The second kappa shape index (κ2) is 8.52. The predicted octanol–water partition coefficient (Wildman–Crippen LogP) is 1.46. The van der Waals surface area contributed by atoms with Gasteiger partial charge >= 0.3 is 12.1 Å². The van der Waals surface area contributed by atoms with Gasteiger partial charge in [0.25, 0.3) is 0 Å². The van der Waals surface area contributed by atoms with Gasteiger partial charge in [-0.2, -0.15) is 0 Å². The highest BCUT2D eigenvalue weighted by Gasteiger charge is 2.05. The summed E-state index contributed by atoms with van der Waals surface area (Å²) < 4.78 is 9.99. The van der Waals surface area contributed by atoms with Crippen LogP contribution < -0.4 is 10.1 Å². The maximum Gasteiger partial charge on any atom is 0.407 e. The second-order valence-corrected chi connectivity index (χ2v) is 3.68. The molecule has 0 fully saturated rings. The van der Waals surface area contributed by atoms with Crippen molar-refractivity contribution >= 4 is 12.1 Å². The maximum absolute atomic E-state index is 11.1. The van der Waals surface area contributed by atoms with Gasteiger partial charge in [-0.1, -0.05) is 18.7 Å². The van der Waals surface area contributed by atoms with Crippen molar-refractivity contribution in [3.63, 3.8) is 0 Å². The Morgan fingerprint density at radius 3 is 2.95 bits per heavy atom. The first-order chi connectivity index (χ1) is 9.63. The normalized spacial score (nSPS) is 9.60. The molecule has 0 aliphatic heterocycles. The zero-order valence-corrected chi connectivity index (χ0v) is 10.9. The predicted molar refractivity (Wildman–Crippen MR) is 70.9 cm³/mol. The highest BCUT2D eigenvalue weighted by Crippen LogP contribution is 2.07. The number of hydrogen-bond donors (Lipinski definition) is 2. The first kappa shape index (κ1) is 15.5. The van der Waals surface area contributed by atoms with E-state index in [1.807, 2.05) is 0 Å². The molecule has 7 heteroatoms. The molecule has 0 aromatic carbocycles. The Balaban J connectivity index is 2.21. The lowest BCUT2D eigenvalue weighted by Crippen LogP contribution is -2.26. The molecule has 0 saturated heterocycles. The van der Waals surface area contributed by atoms with Gasteiger partial charge in [0.05, 0.1) is 6.61 Å². The Bertz CT molecular complexity index is 476. The van der Waals surface area contributed by atoms with Gasteiger partial charge in [0.15, 0.2) is 5.69 Å². The molecule has 1 aromatic rings. The minimum atomic E-state index is -1.11. The van der Waals surface area contributed by atoms with Crippen molar-refractivity contribution in [1.29, 1.82) is 0 Å². The molecule has 1 heterocycles. The number of nitrogens with one attached hydrogen (secondary N) is 1. The molecule has 1 rings (SSSR count). The molecule has 0 saturated carbocycles. The van der Waals surface area contributed by atoms with E-state index in [0.717, 1.165) is 0 Å². The van der Waals surface area contributed by atoms with E-state index < -0.39 is 12.1 Å². The highest BCUT2D eigenvalue weighted by atomic mass is 16.5. The molecule has 1 amide bonds. The van der Waals surface area contributed by atoms with Crippen LogP contribution in [0.1, 0.15) is 16.9 Å². The number of hydrogen-bond acceptors (Lipinski definition) is 5. The van der Waals surface area contributed by atoms with Gasteiger partial charge < -0.3 is 19.9 Å². The number of carboxylic acid groups (broad SMARTS) is 1. The van der Waals surface area contributed by atoms with E-state index in [2.05, 4.69) is 16.9 Å². The number of rotatable bonds is 8. The Hall–Kier alpha value is -2.57. The summed E-state index contributed by atoms with van der Waals surface area (Å²) in [5, 5.41) is 11.3. The number of alkyl carbamates (subject to hydrolysis) is 1. The van der Waals surface area contributed by atoms with E-state index in [1.54, 1.807) is 12.1 Å². The average molecular weight is 280 g/mol. The first-order valence-corrected chi connectivity index (χ1v) is 5.98. The van der Waals surface area contributed by atoms with Crippen LogP contribution in [-0.2, 0) is 4.74 Å². The van der Waals surface area contributed by atoms with Gasteiger partial charge in [-0.15, -0.1) is 0 Å². The molecule has 0 atom stereocenters. The Morgan fingerprint density at radius 1 is 1.45 bits per heavy atom. The molecule has 0 unspecified atom stereocenters. The molecule has 0 aliphatic rings. The van der Waals surface area contributed by atoms with Crippen molar-refractivity contribution in [3.05, 3.63) is 36.5 Å². The minimum absolute atomic E-state index is 0.0753. The van der Waals surface area contributed by atoms with E-state index >= 15 is 0 Å². The molecule has 1 aromatic heterocycles. The molecular formula is C13H16N2O5. The van der Waals surface area contributed by atoms with Gasteiger partial charge in [-0.3, -0.25) is 0 Å². The molecule has 108 valence electrons. The van der Waals surface area contributed by atoms with E-state index in [0.29, 0.717) is 19.6 Å². The van der Waals surface area contributed by atoms with Crippen LogP contribution >= 0.6 is 0 Å². The molecule has 0 spiro atoms. The monoisotopic (exact) mass is 280 g/mol. The Kier molecular flexibility index (Phi) is 6.60. The zero-order chi connectivity index (χ0) is 14.8. The third-order valence-corrected chi connectivity index (χ3v) is 2.12. The fourth-order valence-corrected chi connectivity index (χ4v) is 1.24. The molecular weight excluding hydrogens is 264 g/mol. The molecule has 20 heavy (non-hydrogen) atoms. The fraction of sp³-hybridized carbons (Fsp3) is 0.308. The van der Waals surface area contributed by atoms with Crippen molar-refractivity contribution in [2.45, 2.75) is 6.42 Å². The number of amides is 1. The molecule has 0 aliphatic carbocycles. The lowest BCUT2D eigenvalue weighted by atomic mass is 10.3. The Labute approximate surface area is 116 Å². The number of ether oxygens (including phenoxy) is 2. The number of carboxylic acids is 1. The number of aromatic nitrogens is 1. The van der Waals surface area contributed by atoms with E-state index in [1.165, 1.54) is 12.1 Å². The molecule has 0 radical (unpaired) electrons. The topological polar surface area (TPSA) is 97.8 Å². The number of aromatic carboxylic acids is 1. The van der Waals surface area contributed by atoms with Crippen molar-refractivity contribution in [2.75, 3.05) is 19.8 Å². The minimum Gasteiger partial charge on any atom is -0.478 e. The van der Waals surface area contributed by atoms with Crippen molar-refractivity contribution < 1.29 is 24.2 Å². The van der Waals surface area contributed by atoms with Gasteiger partial charge in [0.2, 0.25) is 5.88 Å². The van der Waals surface area contributed by atoms with E-state index in [-0.39, 0.29) is 18.2 Å². The van der Waals surface area contributed by atoms with Gasteiger partial charge in [-0.05, 0) is 12.5 Å². The maximum atomic E-state index is 11.1. The average Bonchev–Trinajstić information content (AvgIpc) is 2.45. The van der Waals surface area contributed by atoms with Crippen molar-refractivity contribution in [3.8, 4) is 5.88 Å². The van der Waals surface area contributed by atoms with E-state index in [4.69, 9.17) is 14.6 Å². The molecule has 7 nitrogen and oxygen atoms in total. The summed E-state index contributed by atoms with van der Waals surface area (Å²) in [6, 6.07) is 4.50. The van der Waals surface area contributed by atoms with Crippen LogP contribution in [0.2, 0.25) is 0 Å². The van der Waals surface area contributed by atoms with Gasteiger partial charge in [0.1, 0.15) is 6.61 Å². The summed E-state index contributed by atoms with van der Waals surface area (Å²) in [6.45, 7) is 4.27. The van der Waals surface area contributed by atoms with Crippen LogP contribution in [0.4, 0.5) is 4.79 Å². The summed E-state index contributed by atoms with van der Waals surface area (Å²) in [6.07, 6.45) is 1.50. The van der Waals surface area contributed by atoms with Crippen LogP contribution in [0.3, 0.4) is 0 Å². The summed E-state index contributed by atoms with van der Waals surface area (Å²) in [7, 11) is 0. The van der Waals surface area contributed by atoms with Crippen LogP contribution in [-0.4, -0.2) is 41.9 Å². The van der Waals surface area contributed by atoms with Gasteiger partial charge in [0, 0.05) is 12.6 Å². The lowest BCUT2D eigenvalue weighted by molar-refractivity contribution is 0.0689. The quantitative estimate of drug-likeness (QED) is 0.552.